The molecule has 7 nitrogen and oxygen atoms in total. The van der Waals surface area contributed by atoms with E-state index in [0.29, 0.717) is 18.4 Å². The van der Waals surface area contributed by atoms with Crippen LogP contribution < -0.4 is 10.1 Å². The van der Waals surface area contributed by atoms with E-state index in [1.54, 1.807) is 7.11 Å². The van der Waals surface area contributed by atoms with Gasteiger partial charge in [-0.3, -0.25) is 9.78 Å². The molecule has 2 saturated carbocycles. The predicted molar refractivity (Wildman–Crippen MR) is 141 cm³/mol. The van der Waals surface area contributed by atoms with Gasteiger partial charge in [0.2, 0.25) is 0 Å². The molecule has 0 bridgehead atoms. The first-order valence-electron chi connectivity index (χ1n) is 13.4. The van der Waals surface area contributed by atoms with Gasteiger partial charge in [-0.25, -0.2) is 4.79 Å². The molecule has 7 atom stereocenters. The maximum atomic E-state index is 12.7. The summed E-state index contributed by atoms with van der Waals surface area (Å²) in [6, 6.07) is 12.1. The molecule has 7 heteroatoms. The van der Waals surface area contributed by atoms with E-state index < -0.39 is 0 Å². The zero-order valence-electron chi connectivity index (χ0n) is 21.8. The number of cyclic esters (lactones) is 1. The number of amides is 1. The summed E-state index contributed by atoms with van der Waals surface area (Å²) >= 11 is 0. The number of carbonyl (C=O) groups excluding carboxylic acids is 2. The normalized spacial score (nSPS) is 30.8. The molecule has 1 aromatic heterocycles. The van der Waals surface area contributed by atoms with Crippen molar-refractivity contribution in [3.05, 3.63) is 54.4 Å². The number of esters is 1. The van der Waals surface area contributed by atoms with Gasteiger partial charge in [-0.05, 0) is 87.1 Å². The highest BCUT2D eigenvalue weighted by Gasteiger charge is 2.54. The molecule has 1 aliphatic heterocycles. The quantitative estimate of drug-likeness (QED) is 0.523. The van der Waals surface area contributed by atoms with Gasteiger partial charge < -0.3 is 19.5 Å². The van der Waals surface area contributed by atoms with Crippen LogP contribution in [0.2, 0.25) is 0 Å². The van der Waals surface area contributed by atoms with E-state index in [1.807, 2.05) is 50.4 Å². The number of rotatable bonds is 6. The average Bonchev–Trinajstić information content (AvgIpc) is 3.19. The minimum atomic E-state index is -0.353. The number of hydrogen-bond donors (Lipinski definition) is 1. The highest BCUT2D eigenvalue weighted by molar-refractivity contribution is 5.76. The number of ether oxygens (including phenoxy) is 3. The summed E-state index contributed by atoms with van der Waals surface area (Å²) in [5.41, 5.74) is 2.98. The molecule has 2 aliphatic carbocycles. The number of alkyl carbamates (subject to hydrolysis) is 1. The van der Waals surface area contributed by atoms with Crippen LogP contribution in [0, 0.1) is 29.6 Å². The molecule has 0 unspecified atom stereocenters. The fourth-order valence-electron chi connectivity index (χ4n) is 6.77. The van der Waals surface area contributed by atoms with Gasteiger partial charge in [-0.2, -0.15) is 0 Å². The zero-order chi connectivity index (χ0) is 25.9. The van der Waals surface area contributed by atoms with Gasteiger partial charge >= 0.3 is 12.1 Å². The molecular formula is C30H36N2O5. The number of carbonyl (C=O) groups is 2. The molecule has 1 saturated heterocycles. The summed E-state index contributed by atoms with van der Waals surface area (Å²) in [4.78, 5) is 29.4. The van der Waals surface area contributed by atoms with Crippen LogP contribution >= 0.6 is 0 Å². The van der Waals surface area contributed by atoms with Crippen LogP contribution in [0.1, 0.15) is 45.2 Å². The minimum Gasteiger partial charge on any atom is -0.497 e. The lowest BCUT2D eigenvalue weighted by Gasteiger charge is -2.47. The van der Waals surface area contributed by atoms with Gasteiger partial charge in [-0.15, -0.1) is 0 Å². The maximum absolute atomic E-state index is 12.7. The SMILES string of the molecule is CCOC(=O)N[C@@H]1CC[C@@H]2[C@@H](C1)C[C@H]1C(=O)O[C@H](C)[C@H]1[C@H]2/C=C/c1ccc(-c2cccc(OC)c2)cn1. The number of fused-ring (bicyclic) bond motifs is 2. The predicted octanol–water partition coefficient (Wildman–Crippen LogP) is 5.50. The van der Waals surface area contributed by atoms with Crippen molar-refractivity contribution in [3.8, 4) is 16.9 Å². The Balaban J connectivity index is 1.33. The molecule has 0 radical (unpaired) electrons. The summed E-state index contributed by atoms with van der Waals surface area (Å²) in [6.07, 6.45) is 9.42. The van der Waals surface area contributed by atoms with Crippen LogP contribution in [0.3, 0.4) is 0 Å². The van der Waals surface area contributed by atoms with Crippen molar-refractivity contribution in [1.82, 2.24) is 10.3 Å². The van der Waals surface area contributed by atoms with Gasteiger partial charge in [-0.1, -0.05) is 24.3 Å². The van der Waals surface area contributed by atoms with E-state index >= 15 is 0 Å². The van der Waals surface area contributed by atoms with Crippen molar-refractivity contribution < 1.29 is 23.8 Å². The monoisotopic (exact) mass is 504 g/mol. The Morgan fingerprint density at radius 2 is 2.05 bits per heavy atom. The fraction of sp³-hybridized carbons (Fsp3) is 0.500. The largest absolute Gasteiger partial charge is 0.497 e. The molecule has 5 rings (SSSR count). The lowest BCUT2D eigenvalue weighted by Crippen LogP contribution is -2.48. The lowest BCUT2D eigenvalue weighted by atomic mass is 9.57. The number of nitrogens with zero attached hydrogens (tertiary/aromatic N) is 1. The van der Waals surface area contributed by atoms with Crippen molar-refractivity contribution in [2.45, 2.75) is 51.7 Å². The first-order chi connectivity index (χ1) is 18.0. The Hall–Kier alpha value is -3.35. The van der Waals surface area contributed by atoms with E-state index in [2.05, 4.69) is 23.5 Å². The van der Waals surface area contributed by atoms with E-state index in [-0.39, 0.29) is 42.0 Å². The number of benzene rings is 1. The van der Waals surface area contributed by atoms with Crippen LogP contribution in [-0.2, 0) is 14.3 Å². The summed E-state index contributed by atoms with van der Waals surface area (Å²) in [5, 5.41) is 3.02. The maximum Gasteiger partial charge on any atom is 0.407 e. The van der Waals surface area contributed by atoms with Crippen molar-refractivity contribution in [2.75, 3.05) is 13.7 Å². The van der Waals surface area contributed by atoms with E-state index in [9.17, 15) is 9.59 Å². The number of pyridine rings is 1. The van der Waals surface area contributed by atoms with Gasteiger partial charge in [0.1, 0.15) is 11.9 Å². The van der Waals surface area contributed by atoms with Gasteiger partial charge in [0.15, 0.2) is 0 Å². The Morgan fingerprint density at radius 1 is 1.19 bits per heavy atom. The third-order valence-corrected chi connectivity index (χ3v) is 8.42. The molecule has 3 aliphatic rings. The summed E-state index contributed by atoms with van der Waals surface area (Å²) in [5.74, 6) is 1.87. The number of allylic oxidation sites excluding steroid dienone is 1. The lowest BCUT2D eigenvalue weighted by molar-refractivity contribution is -0.144. The number of methoxy groups -OCH3 is 1. The average molecular weight is 505 g/mol. The second-order valence-electron chi connectivity index (χ2n) is 10.5. The highest BCUT2D eigenvalue weighted by Crippen LogP contribution is 2.53. The first-order valence-corrected chi connectivity index (χ1v) is 13.4. The smallest absolute Gasteiger partial charge is 0.407 e. The topological polar surface area (TPSA) is 86.8 Å². The van der Waals surface area contributed by atoms with E-state index in [1.165, 1.54) is 0 Å². The summed E-state index contributed by atoms with van der Waals surface area (Å²) < 4.78 is 16.1. The van der Waals surface area contributed by atoms with E-state index in [4.69, 9.17) is 19.2 Å². The second kappa shape index (κ2) is 11.0. The standard InChI is InChI=1S/C30H36N2O5/c1-4-36-30(34)32-23-11-12-25-21(14-23)16-27-28(18(2)37-29(27)33)26(25)13-10-22-9-8-20(17-31-22)19-6-5-7-24(15-19)35-3/h5-10,13,15,17-18,21,23,25-28H,4,11-12,14,16H2,1-3H3,(H,32,34)/b13-10+/t18-,21+,23-,25-,26+,27-,28+/m1/s1. The third-order valence-electron chi connectivity index (χ3n) is 8.42. The Labute approximate surface area is 218 Å². The van der Waals surface area contributed by atoms with Crippen molar-refractivity contribution in [2.24, 2.45) is 29.6 Å². The Morgan fingerprint density at radius 3 is 2.81 bits per heavy atom. The van der Waals surface area contributed by atoms with Crippen LogP contribution in [0.15, 0.2) is 48.7 Å². The molecule has 0 spiro atoms. The molecule has 37 heavy (non-hydrogen) atoms. The molecule has 1 N–H and O–H groups in total. The van der Waals surface area contributed by atoms with Crippen LogP contribution in [0.25, 0.3) is 17.2 Å². The van der Waals surface area contributed by atoms with Crippen molar-refractivity contribution in [1.29, 1.82) is 0 Å². The van der Waals surface area contributed by atoms with E-state index in [0.717, 1.165) is 48.3 Å². The molecule has 2 heterocycles. The molecule has 2 aromatic rings. The third kappa shape index (κ3) is 5.36. The fourth-order valence-corrected chi connectivity index (χ4v) is 6.77. The molecular weight excluding hydrogens is 468 g/mol. The van der Waals surface area contributed by atoms with Crippen molar-refractivity contribution >= 4 is 18.1 Å². The summed E-state index contributed by atoms with van der Waals surface area (Å²) in [6.45, 7) is 4.20. The Bertz CT molecular complexity index is 1150. The molecule has 1 amide bonds. The molecule has 196 valence electrons. The van der Waals surface area contributed by atoms with Crippen LogP contribution in [0.4, 0.5) is 4.79 Å². The van der Waals surface area contributed by atoms with Gasteiger partial charge in [0, 0.05) is 23.7 Å². The number of aromatic nitrogens is 1. The van der Waals surface area contributed by atoms with Crippen molar-refractivity contribution in [3.63, 3.8) is 0 Å². The number of nitrogens with one attached hydrogen (secondary N) is 1. The minimum absolute atomic E-state index is 0.0735. The first kappa shape index (κ1) is 25.3. The van der Waals surface area contributed by atoms with Gasteiger partial charge in [0.25, 0.3) is 0 Å². The zero-order valence-corrected chi connectivity index (χ0v) is 21.8. The van der Waals surface area contributed by atoms with Crippen LogP contribution in [0.5, 0.6) is 5.75 Å². The summed E-state index contributed by atoms with van der Waals surface area (Å²) in [7, 11) is 1.67. The Kier molecular flexibility index (Phi) is 7.49. The number of hydrogen-bond acceptors (Lipinski definition) is 6. The van der Waals surface area contributed by atoms with Gasteiger partial charge in [0.05, 0.1) is 25.3 Å². The second-order valence-corrected chi connectivity index (χ2v) is 10.5. The molecule has 3 fully saturated rings. The molecule has 1 aromatic carbocycles. The highest BCUT2D eigenvalue weighted by atomic mass is 16.6. The van der Waals surface area contributed by atoms with Crippen LogP contribution in [-0.4, -0.2) is 42.9 Å².